The van der Waals surface area contributed by atoms with E-state index < -0.39 is 0 Å². The van der Waals surface area contributed by atoms with Gasteiger partial charge in [-0.25, -0.2) is 0 Å². The van der Waals surface area contributed by atoms with Crippen LogP contribution in [0.25, 0.3) is 0 Å². The number of ether oxygens (including phenoxy) is 1. The summed E-state index contributed by atoms with van der Waals surface area (Å²) in [4.78, 5) is 22.5. The van der Waals surface area contributed by atoms with E-state index in [2.05, 4.69) is 15.4 Å². The van der Waals surface area contributed by atoms with Gasteiger partial charge in [0.05, 0.1) is 17.3 Å². The molecule has 0 aromatic heterocycles. The molecular weight excluding hydrogens is 258 g/mol. The highest BCUT2D eigenvalue weighted by atomic mass is 35.5. The highest BCUT2D eigenvalue weighted by molar-refractivity contribution is 6.33. The van der Waals surface area contributed by atoms with Gasteiger partial charge in [0.15, 0.2) is 0 Å². The Hall–Kier alpha value is -1.63. The van der Waals surface area contributed by atoms with Crippen molar-refractivity contribution in [2.24, 2.45) is 5.73 Å². The van der Waals surface area contributed by atoms with E-state index in [9.17, 15) is 9.59 Å². The van der Waals surface area contributed by atoms with Crippen molar-refractivity contribution in [1.29, 1.82) is 0 Å². The molecule has 4 N–H and O–H groups in total. The predicted octanol–water partition coefficient (Wildman–Crippen LogP) is 0.822. The van der Waals surface area contributed by atoms with Crippen LogP contribution in [0.2, 0.25) is 5.02 Å². The molecule has 0 fully saturated rings. The quantitative estimate of drug-likeness (QED) is 0.739. The Labute approximate surface area is 109 Å². The number of amides is 2. The van der Waals surface area contributed by atoms with E-state index in [-0.39, 0.29) is 25.0 Å². The van der Waals surface area contributed by atoms with E-state index in [4.69, 9.17) is 17.3 Å². The average molecular weight is 272 g/mol. The van der Waals surface area contributed by atoms with Crippen molar-refractivity contribution < 1.29 is 14.3 Å². The lowest BCUT2D eigenvalue weighted by Crippen LogP contribution is -2.22. The van der Waals surface area contributed by atoms with Gasteiger partial charge in [0.1, 0.15) is 6.61 Å². The number of carbonyl (C=O) groups excluding carboxylic acids is 2. The van der Waals surface area contributed by atoms with E-state index in [1.807, 2.05) is 0 Å². The molecule has 0 saturated heterocycles. The molecule has 7 heteroatoms. The average Bonchev–Trinajstić information content (AvgIpc) is 2.33. The zero-order chi connectivity index (χ0) is 13.5. The zero-order valence-electron chi connectivity index (χ0n) is 9.83. The summed E-state index contributed by atoms with van der Waals surface area (Å²) in [6.45, 7) is -0.191. The monoisotopic (exact) mass is 271 g/mol. The fourth-order valence-corrected chi connectivity index (χ4v) is 1.39. The summed E-state index contributed by atoms with van der Waals surface area (Å²) >= 11 is 5.92. The highest BCUT2D eigenvalue weighted by Gasteiger charge is 2.07. The van der Waals surface area contributed by atoms with Gasteiger partial charge in [-0.3, -0.25) is 9.59 Å². The number of hydrogen-bond donors (Lipinski definition) is 3. The molecule has 0 aliphatic carbocycles. The van der Waals surface area contributed by atoms with Crippen LogP contribution in [0.4, 0.5) is 11.4 Å². The maximum Gasteiger partial charge on any atom is 0.250 e. The molecule has 0 unspecified atom stereocenters. The third-order valence-electron chi connectivity index (χ3n) is 1.99. The largest absolute Gasteiger partial charge is 0.375 e. The van der Waals surface area contributed by atoms with Crippen LogP contribution in [-0.2, 0) is 14.3 Å². The van der Waals surface area contributed by atoms with Crippen LogP contribution in [0.1, 0.15) is 0 Å². The third kappa shape index (κ3) is 4.33. The number of nitrogens with one attached hydrogen (secondary N) is 2. The van der Waals surface area contributed by atoms with Crippen LogP contribution in [0, 0.1) is 0 Å². The van der Waals surface area contributed by atoms with Gasteiger partial charge in [-0.15, -0.1) is 0 Å². The standard InChI is InChI=1S/C11H14ClN3O3/c1-18-6-11(17)15-9-4-7(2-3-8(9)12)14-10(16)5-13/h2-4H,5-6,13H2,1H3,(H,14,16)(H,15,17). The zero-order valence-corrected chi connectivity index (χ0v) is 10.6. The van der Waals surface area contributed by atoms with E-state index in [0.29, 0.717) is 16.4 Å². The smallest absolute Gasteiger partial charge is 0.250 e. The second-order valence-electron chi connectivity index (χ2n) is 3.43. The van der Waals surface area contributed by atoms with Crippen LogP contribution in [0.5, 0.6) is 0 Å². The molecule has 0 bridgehead atoms. The first kappa shape index (κ1) is 14.4. The minimum Gasteiger partial charge on any atom is -0.375 e. The number of anilines is 2. The molecule has 6 nitrogen and oxygen atoms in total. The summed E-state index contributed by atoms with van der Waals surface area (Å²) in [7, 11) is 1.42. The highest BCUT2D eigenvalue weighted by Crippen LogP contribution is 2.25. The Morgan fingerprint density at radius 2 is 2.06 bits per heavy atom. The van der Waals surface area contributed by atoms with Crippen molar-refractivity contribution in [2.75, 3.05) is 30.9 Å². The Kier molecular flexibility index (Phi) is 5.57. The first-order valence-corrected chi connectivity index (χ1v) is 5.53. The van der Waals surface area contributed by atoms with Gasteiger partial charge >= 0.3 is 0 Å². The molecule has 1 aromatic rings. The van der Waals surface area contributed by atoms with Crippen LogP contribution < -0.4 is 16.4 Å². The fourth-order valence-electron chi connectivity index (χ4n) is 1.23. The van der Waals surface area contributed by atoms with Crippen molar-refractivity contribution in [3.05, 3.63) is 23.2 Å². The molecule has 1 aromatic carbocycles. The molecule has 98 valence electrons. The van der Waals surface area contributed by atoms with Crippen LogP contribution >= 0.6 is 11.6 Å². The first-order valence-electron chi connectivity index (χ1n) is 5.15. The molecule has 0 spiro atoms. The summed E-state index contributed by atoms with van der Waals surface area (Å²) in [5, 5.41) is 5.49. The number of nitrogens with two attached hydrogens (primary N) is 1. The molecule has 0 heterocycles. The maximum absolute atomic E-state index is 11.4. The molecule has 18 heavy (non-hydrogen) atoms. The van der Waals surface area contributed by atoms with Gasteiger partial charge in [-0.1, -0.05) is 11.6 Å². The number of methoxy groups -OCH3 is 1. The van der Waals surface area contributed by atoms with Crippen molar-refractivity contribution in [2.45, 2.75) is 0 Å². The number of halogens is 1. The van der Waals surface area contributed by atoms with Gasteiger partial charge in [0, 0.05) is 12.8 Å². The molecule has 0 saturated carbocycles. The van der Waals surface area contributed by atoms with Crippen molar-refractivity contribution in [3.63, 3.8) is 0 Å². The lowest BCUT2D eigenvalue weighted by atomic mass is 10.2. The van der Waals surface area contributed by atoms with Crippen molar-refractivity contribution in [3.8, 4) is 0 Å². The fraction of sp³-hybridized carbons (Fsp3) is 0.273. The molecule has 0 aliphatic heterocycles. The Morgan fingerprint density at radius 3 is 2.67 bits per heavy atom. The van der Waals surface area contributed by atoms with Crippen molar-refractivity contribution >= 4 is 34.8 Å². The minimum absolute atomic E-state index is 0.0737. The van der Waals surface area contributed by atoms with E-state index in [1.54, 1.807) is 18.2 Å². The minimum atomic E-state index is -0.332. The Morgan fingerprint density at radius 1 is 1.33 bits per heavy atom. The number of rotatable bonds is 5. The third-order valence-corrected chi connectivity index (χ3v) is 2.31. The topological polar surface area (TPSA) is 93.5 Å². The van der Waals surface area contributed by atoms with Crippen LogP contribution in [0.3, 0.4) is 0 Å². The Bertz CT molecular complexity index is 451. The van der Waals surface area contributed by atoms with Crippen LogP contribution in [0.15, 0.2) is 18.2 Å². The Balaban J connectivity index is 2.80. The van der Waals surface area contributed by atoms with Gasteiger partial charge in [0.2, 0.25) is 11.8 Å². The number of hydrogen-bond acceptors (Lipinski definition) is 4. The molecule has 0 aliphatic rings. The number of carbonyl (C=O) groups is 2. The lowest BCUT2D eigenvalue weighted by molar-refractivity contribution is -0.119. The van der Waals surface area contributed by atoms with Crippen LogP contribution in [-0.4, -0.2) is 32.1 Å². The summed E-state index contributed by atoms with van der Waals surface area (Å²) in [5.41, 5.74) is 6.08. The molecular formula is C11H14ClN3O3. The second-order valence-corrected chi connectivity index (χ2v) is 3.84. The first-order chi connectivity index (χ1) is 8.56. The van der Waals surface area contributed by atoms with Gasteiger partial charge < -0.3 is 21.1 Å². The summed E-state index contributed by atoms with van der Waals surface area (Å²) in [5.74, 6) is -0.659. The van der Waals surface area contributed by atoms with Crippen molar-refractivity contribution in [1.82, 2.24) is 0 Å². The summed E-state index contributed by atoms with van der Waals surface area (Å²) < 4.78 is 4.69. The SMILES string of the molecule is COCC(=O)Nc1cc(NC(=O)CN)ccc1Cl. The molecule has 0 atom stereocenters. The second kappa shape index (κ2) is 6.95. The maximum atomic E-state index is 11.4. The lowest BCUT2D eigenvalue weighted by Gasteiger charge is -2.09. The molecule has 2 amide bonds. The van der Waals surface area contributed by atoms with Gasteiger partial charge in [-0.05, 0) is 18.2 Å². The summed E-state index contributed by atoms with van der Waals surface area (Å²) in [6.07, 6.45) is 0. The predicted molar refractivity (Wildman–Crippen MR) is 69.6 cm³/mol. The van der Waals surface area contributed by atoms with E-state index in [0.717, 1.165) is 0 Å². The van der Waals surface area contributed by atoms with E-state index in [1.165, 1.54) is 7.11 Å². The van der Waals surface area contributed by atoms with Gasteiger partial charge in [0.25, 0.3) is 0 Å². The molecule has 1 rings (SSSR count). The molecule has 0 radical (unpaired) electrons. The number of benzene rings is 1. The van der Waals surface area contributed by atoms with Gasteiger partial charge in [-0.2, -0.15) is 0 Å². The normalized spacial score (nSPS) is 9.94. The summed E-state index contributed by atoms with van der Waals surface area (Å²) in [6, 6.07) is 4.72. The van der Waals surface area contributed by atoms with E-state index >= 15 is 0 Å².